The number of para-hydroxylation sites is 1. The van der Waals surface area contributed by atoms with Gasteiger partial charge >= 0.3 is 0 Å². The molecule has 0 saturated heterocycles. The Labute approximate surface area is 104 Å². The number of hydrogen-bond acceptors (Lipinski definition) is 3. The van der Waals surface area contributed by atoms with Crippen molar-refractivity contribution in [2.45, 2.75) is 0 Å². The number of amidine groups is 1. The van der Waals surface area contributed by atoms with Crippen molar-refractivity contribution in [2.75, 3.05) is 0 Å². The van der Waals surface area contributed by atoms with Gasteiger partial charge in [0.25, 0.3) is 5.91 Å². The van der Waals surface area contributed by atoms with Crippen LogP contribution in [0.4, 0.5) is 0 Å². The van der Waals surface area contributed by atoms with Gasteiger partial charge in [-0.3, -0.25) is 4.79 Å². The van der Waals surface area contributed by atoms with Crippen molar-refractivity contribution in [3.05, 3.63) is 41.6 Å². The summed E-state index contributed by atoms with van der Waals surface area (Å²) in [5.74, 6) is -0.0339. The molecule has 0 fully saturated rings. The Hall–Kier alpha value is -2.56. The molecule has 90 valence electrons. The summed E-state index contributed by atoms with van der Waals surface area (Å²) in [4.78, 5) is 11.6. The first-order chi connectivity index (χ1) is 8.66. The first-order valence-electron chi connectivity index (χ1n) is 5.56. The standard InChI is InChI=1S/C13H12N4O/c1-17-7-8(9-4-2-3-5-11(9)17)6-10-12(14)15-16-13(10)18/h2-7H,1H3,(H2,14,15)(H,16,18)/b10-6-. The topological polar surface area (TPSA) is 72.4 Å². The number of carbonyl (C=O) groups excluding carboxylic acids is 1. The Kier molecular flexibility index (Phi) is 2.19. The van der Waals surface area contributed by atoms with E-state index in [0.717, 1.165) is 16.5 Å². The van der Waals surface area contributed by atoms with E-state index < -0.39 is 0 Å². The zero-order valence-corrected chi connectivity index (χ0v) is 9.84. The molecule has 0 spiro atoms. The lowest BCUT2D eigenvalue weighted by Crippen LogP contribution is -2.16. The fraction of sp³-hybridized carbons (Fsp3) is 0.0769. The second-order valence-corrected chi connectivity index (χ2v) is 4.21. The van der Waals surface area contributed by atoms with Crippen LogP contribution in [0.3, 0.4) is 0 Å². The van der Waals surface area contributed by atoms with E-state index >= 15 is 0 Å². The summed E-state index contributed by atoms with van der Waals surface area (Å²) < 4.78 is 2.02. The van der Waals surface area contributed by atoms with E-state index in [2.05, 4.69) is 10.5 Å². The third kappa shape index (κ3) is 1.48. The smallest absolute Gasteiger partial charge is 0.275 e. The lowest BCUT2D eigenvalue weighted by atomic mass is 10.1. The molecule has 5 nitrogen and oxygen atoms in total. The molecule has 1 aliphatic rings. The first kappa shape index (κ1) is 10.6. The number of aromatic nitrogens is 1. The van der Waals surface area contributed by atoms with Gasteiger partial charge < -0.3 is 10.3 Å². The minimum absolute atomic E-state index is 0.230. The number of aryl methyl sites for hydroxylation is 1. The summed E-state index contributed by atoms with van der Waals surface area (Å²) in [6.07, 6.45) is 3.74. The number of hydrazone groups is 1. The highest BCUT2D eigenvalue weighted by Gasteiger charge is 2.20. The van der Waals surface area contributed by atoms with E-state index in [1.54, 1.807) is 6.08 Å². The van der Waals surface area contributed by atoms with Gasteiger partial charge in [-0.05, 0) is 12.1 Å². The molecule has 0 bridgehead atoms. The summed E-state index contributed by atoms with van der Waals surface area (Å²) in [5.41, 5.74) is 10.5. The van der Waals surface area contributed by atoms with Gasteiger partial charge in [0.15, 0.2) is 5.84 Å². The van der Waals surface area contributed by atoms with Gasteiger partial charge in [-0.2, -0.15) is 5.10 Å². The number of nitrogens with two attached hydrogens (primary N) is 1. The zero-order chi connectivity index (χ0) is 12.7. The molecule has 18 heavy (non-hydrogen) atoms. The predicted molar refractivity (Wildman–Crippen MR) is 70.7 cm³/mol. The van der Waals surface area contributed by atoms with E-state index in [1.165, 1.54) is 0 Å². The van der Waals surface area contributed by atoms with Gasteiger partial charge in [-0.25, -0.2) is 5.43 Å². The van der Waals surface area contributed by atoms with E-state index in [1.807, 2.05) is 42.1 Å². The number of rotatable bonds is 1. The number of carbonyl (C=O) groups is 1. The van der Waals surface area contributed by atoms with E-state index in [9.17, 15) is 4.79 Å². The summed E-state index contributed by atoms with van der Waals surface area (Å²) in [6, 6.07) is 8.00. The number of amides is 1. The molecule has 0 unspecified atom stereocenters. The SMILES string of the molecule is Cn1cc(/C=C2\C(=O)NN=C2N)c2ccccc21. The molecule has 1 aromatic carbocycles. The number of nitrogens with one attached hydrogen (secondary N) is 1. The van der Waals surface area contributed by atoms with E-state index in [-0.39, 0.29) is 11.7 Å². The Balaban J connectivity index is 2.19. The van der Waals surface area contributed by atoms with Crippen LogP contribution < -0.4 is 11.2 Å². The Morgan fingerprint density at radius 1 is 1.39 bits per heavy atom. The average molecular weight is 240 g/mol. The third-order valence-corrected chi connectivity index (χ3v) is 3.03. The minimum Gasteiger partial charge on any atom is -0.382 e. The van der Waals surface area contributed by atoms with Gasteiger partial charge in [-0.1, -0.05) is 18.2 Å². The molecule has 0 radical (unpaired) electrons. The third-order valence-electron chi connectivity index (χ3n) is 3.03. The van der Waals surface area contributed by atoms with Crippen LogP contribution in [-0.4, -0.2) is 16.3 Å². The van der Waals surface area contributed by atoms with Crippen LogP contribution in [0.1, 0.15) is 5.56 Å². The molecule has 2 aromatic rings. The van der Waals surface area contributed by atoms with Gasteiger partial charge in [0.2, 0.25) is 0 Å². The van der Waals surface area contributed by atoms with Crippen molar-refractivity contribution >= 4 is 28.7 Å². The van der Waals surface area contributed by atoms with E-state index in [0.29, 0.717) is 5.57 Å². The fourth-order valence-corrected chi connectivity index (χ4v) is 2.13. The molecular formula is C13H12N4O. The van der Waals surface area contributed by atoms with Crippen molar-refractivity contribution in [3.8, 4) is 0 Å². The average Bonchev–Trinajstić information content (AvgIpc) is 2.86. The normalized spacial score (nSPS) is 17.3. The Bertz CT molecular complexity index is 709. The lowest BCUT2D eigenvalue weighted by molar-refractivity contribution is -0.116. The maximum absolute atomic E-state index is 11.6. The summed E-state index contributed by atoms with van der Waals surface area (Å²) in [7, 11) is 1.97. The lowest BCUT2D eigenvalue weighted by Gasteiger charge is -1.95. The minimum atomic E-state index is -0.263. The monoisotopic (exact) mass is 240 g/mol. The first-order valence-corrected chi connectivity index (χ1v) is 5.56. The van der Waals surface area contributed by atoms with Crippen molar-refractivity contribution in [1.82, 2.24) is 9.99 Å². The Morgan fingerprint density at radius 3 is 2.89 bits per heavy atom. The van der Waals surface area contributed by atoms with Gasteiger partial charge in [0.05, 0.1) is 5.57 Å². The number of hydrogen-bond donors (Lipinski definition) is 2. The molecule has 3 rings (SSSR count). The highest BCUT2D eigenvalue weighted by atomic mass is 16.2. The zero-order valence-electron chi connectivity index (χ0n) is 9.84. The maximum atomic E-state index is 11.6. The molecular weight excluding hydrogens is 228 g/mol. The summed E-state index contributed by atoms with van der Waals surface area (Å²) >= 11 is 0. The van der Waals surface area contributed by atoms with Crippen molar-refractivity contribution in [3.63, 3.8) is 0 Å². The number of fused-ring (bicyclic) bond motifs is 1. The van der Waals surface area contributed by atoms with Crippen LogP contribution in [0.5, 0.6) is 0 Å². The highest BCUT2D eigenvalue weighted by Crippen LogP contribution is 2.23. The van der Waals surface area contributed by atoms with Crippen LogP contribution >= 0.6 is 0 Å². The van der Waals surface area contributed by atoms with Gasteiger partial charge in [0, 0.05) is 29.7 Å². The van der Waals surface area contributed by atoms with Crippen molar-refractivity contribution in [1.29, 1.82) is 0 Å². The Morgan fingerprint density at radius 2 is 2.17 bits per heavy atom. The van der Waals surface area contributed by atoms with Crippen LogP contribution in [0.25, 0.3) is 17.0 Å². The van der Waals surface area contributed by atoms with Crippen LogP contribution in [0.15, 0.2) is 41.1 Å². The maximum Gasteiger partial charge on any atom is 0.275 e. The molecule has 0 atom stereocenters. The summed E-state index contributed by atoms with van der Waals surface area (Å²) in [5, 5.41) is 4.78. The second kappa shape index (κ2) is 3.73. The van der Waals surface area contributed by atoms with Crippen molar-refractivity contribution in [2.24, 2.45) is 17.9 Å². The fourth-order valence-electron chi connectivity index (χ4n) is 2.13. The molecule has 1 aromatic heterocycles. The molecule has 5 heteroatoms. The second-order valence-electron chi connectivity index (χ2n) is 4.21. The van der Waals surface area contributed by atoms with Crippen molar-refractivity contribution < 1.29 is 4.79 Å². The van der Waals surface area contributed by atoms with E-state index in [4.69, 9.17) is 5.73 Å². The predicted octanol–water partition coefficient (Wildman–Crippen LogP) is 0.964. The van der Waals surface area contributed by atoms with Gasteiger partial charge in [-0.15, -0.1) is 0 Å². The molecule has 1 aliphatic heterocycles. The number of benzene rings is 1. The van der Waals surface area contributed by atoms with Crippen LogP contribution in [-0.2, 0) is 11.8 Å². The molecule has 1 amide bonds. The van der Waals surface area contributed by atoms with Crippen LogP contribution in [0, 0.1) is 0 Å². The largest absolute Gasteiger partial charge is 0.382 e. The molecule has 3 N–H and O–H groups in total. The van der Waals surface area contributed by atoms with Crippen LogP contribution in [0.2, 0.25) is 0 Å². The highest BCUT2D eigenvalue weighted by molar-refractivity contribution is 6.26. The van der Waals surface area contributed by atoms with Gasteiger partial charge in [0.1, 0.15) is 0 Å². The number of nitrogens with zero attached hydrogens (tertiary/aromatic N) is 2. The summed E-state index contributed by atoms with van der Waals surface area (Å²) in [6.45, 7) is 0. The quantitative estimate of drug-likeness (QED) is 0.729. The molecule has 2 heterocycles. The molecule has 0 saturated carbocycles. The molecule has 0 aliphatic carbocycles.